The second kappa shape index (κ2) is 9.55. The summed E-state index contributed by atoms with van der Waals surface area (Å²) in [5, 5.41) is 14.0. The average Bonchev–Trinajstić information content (AvgIpc) is 2.79. The van der Waals surface area contributed by atoms with Gasteiger partial charge in [0.2, 0.25) is 10.0 Å². The molecule has 11 heteroatoms. The highest BCUT2D eigenvalue weighted by atomic mass is 32.2. The highest BCUT2D eigenvalue weighted by molar-refractivity contribution is 7.89. The Bertz CT molecular complexity index is 1130. The van der Waals surface area contributed by atoms with E-state index in [1.54, 1.807) is 31.2 Å². The van der Waals surface area contributed by atoms with Gasteiger partial charge in [-0.05, 0) is 44.2 Å². The molecular formula is C21H25N4O6S+. The Kier molecular flexibility index (Phi) is 7.02. The Morgan fingerprint density at radius 2 is 1.69 bits per heavy atom. The topological polar surface area (TPSA) is 131 Å². The van der Waals surface area contributed by atoms with Crippen molar-refractivity contribution in [3.8, 4) is 0 Å². The molecule has 2 N–H and O–H groups in total. The molecule has 2 aromatic rings. The maximum absolute atomic E-state index is 12.9. The van der Waals surface area contributed by atoms with Crippen LogP contribution in [0.3, 0.4) is 0 Å². The number of sulfonamides is 1. The van der Waals surface area contributed by atoms with E-state index in [1.807, 2.05) is 0 Å². The van der Waals surface area contributed by atoms with Crippen LogP contribution in [-0.4, -0.2) is 61.6 Å². The summed E-state index contributed by atoms with van der Waals surface area (Å²) in [7, 11) is -4.02. The minimum Gasteiger partial charge on any atom is -0.323 e. The normalized spacial score (nSPS) is 16.3. The first-order valence-corrected chi connectivity index (χ1v) is 11.6. The third-order valence-electron chi connectivity index (χ3n) is 5.61. The van der Waals surface area contributed by atoms with Crippen molar-refractivity contribution in [1.29, 1.82) is 0 Å². The standard InChI is InChI=1S/C21H24N4O6S/c1-15(21(27)22-18-9-7-17(8-10-18)16(2)26)23-11-13-24(14-12-23)32(30,31)20-6-4-3-5-19(20)25(28)29/h3-10,15H,11-14H2,1-2H3,(H,22,27)/p+1/t15-/m0/s1. The molecule has 0 radical (unpaired) electrons. The first kappa shape index (κ1) is 23.5. The quantitative estimate of drug-likeness (QED) is 0.355. The van der Waals surface area contributed by atoms with Crippen LogP contribution >= 0.6 is 0 Å². The lowest BCUT2D eigenvalue weighted by atomic mass is 10.1. The smallest absolute Gasteiger partial charge is 0.289 e. The first-order chi connectivity index (χ1) is 15.1. The lowest BCUT2D eigenvalue weighted by Gasteiger charge is -2.34. The van der Waals surface area contributed by atoms with Crippen molar-refractivity contribution in [3.05, 3.63) is 64.2 Å². The predicted octanol–water partition coefficient (Wildman–Crippen LogP) is 0.714. The second-order valence-electron chi connectivity index (χ2n) is 7.63. The number of nitro groups is 1. The fourth-order valence-corrected chi connectivity index (χ4v) is 5.24. The van der Waals surface area contributed by atoms with Crippen molar-refractivity contribution in [3.63, 3.8) is 0 Å². The number of piperazine rings is 1. The van der Waals surface area contributed by atoms with Gasteiger partial charge in [-0.3, -0.25) is 19.7 Å². The molecule has 3 rings (SSSR count). The number of anilines is 1. The monoisotopic (exact) mass is 461 g/mol. The molecule has 1 aliphatic rings. The number of rotatable bonds is 7. The molecule has 1 heterocycles. The summed E-state index contributed by atoms with van der Waals surface area (Å²) in [4.78, 5) is 35.1. The number of Topliss-reactive ketones (excluding diaryl/α,β-unsaturated/α-hetero) is 1. The number of para-hydroxylation sites is 1. The zero-order valence-electron chi connectivity index (χ0n) is 17.8. The number of benzene rings is 2. The molecule has 10 nitrogen and oxygen atoms in total. The average molecular weight is 462 g/mol. The Labute approximate surface area is 186 Å². The lowest BCUT2D eigenvalue weighted by molar-refractivity contribution is -0.917. The van der Waals surface area contributed by atoms with Gasteiger partial charge in [-0.25, -0.2) is 8.42 Å². The van der Waals surface area contributed by atoms with Gasteiger partial charge in [0, 0.05) is 17.3 Å². The number of ketones is 1. The number of hydrogen-bond acceptors (Lipinski definition) is 6. The summed E-state index contributed by atoms with van der Waals surface area (Å²) >= 11 is 0. The maximum atomic E-state index is 12.9. The molecular weight excluding hydrogens is 436 g/mol. The number of quaternary nitrogens is 1. The van der Waals surface area contributed by atoms with E-state index in [-0.39, 0.29) is 29.7 Å². The van der Waals surface area contributed by atoms with Crippen molar-refractivity contribution in [2.75, 3.05) is 31.5 Å². The third-order valence-corrected chi connectivity index (χ3v) is 7.56. The van der Waals surface area contributed by atoms with E-state index in [0.717, 1.165) is 4.90 Å². The molecule has 2 aromatic carbocycles. The summed E-state index contributed by atoms with van der Waals surface area (Å²) in [6.07, 6.45) is 0. The van der Waals surface area contributed by atoms with E-state index in [4.69, 9.17) is 0 Å². The summed E-state index contributed by atoms with van der Waals surface area (Å²) in [5.74, 6) is -0.278. The van der Waals surface area contributed by atoms with Gasteiger partial charge >= 0.3 is 0 Å². The van der Waals surface area contributed by atoms with Crippen LogP contribution in [0.2, 0.25) is 0 Å². The van der Waals surface area contributed by atoms with Crippen LogP contribution in [-0.2, 0) is 14.8 Å². The third kappa shape index (κ3) is 5.01. The minimum atomic E-state index is -4.02. The fraction of sp³-hybridized carbons (Fsp3) is 0.333. The molecule has 1 atom stereocenters. The number of amides is 1. The molecule has 0 aliphatic carbocycles. The van der Waals surface area contributed by atoms with E-state index in [2.05, 4.69) is 5.32 Å². The molecule has 0 unspecified atom stereocenters. The van der Waals surface area contributed by atoms with Crippen LogP contribution in [0.15, 0.2) is 53.4 Å². The van der Waals surface area contributed by atoms with E-state index in [1.165, 1.54) is 35.5 Å². The molecule has 0 bridgehead atoms. The zero-order chi connectivity index (χ0) is 23.5. The van der Waals surface area contributed by atoms with Gasteiger partial charge in [-0.15, -0.1) is 0 Å². The molecule has 1 fully saturated rings. The molecule has 32 heavy (non-hydrogen) atoms. The number of nitrogens with one attached hydrogen (secondary N) is 2. The van der Waals surface area contributed by atoms with Gasteiger partial charge in [0.15, 0.2) is 16.7 Å². The Hall–Kier alpha value is -3.15. The van der Waals surface area contributed by atoms with Crippen molar-refractivity contribution in [2.24, 2.45) is 0 Å². The van der Waals surface area contributed by atoms with Crippen molar-refractivity contribution in [2.45, 2.75) is 24.8 Å². The predicted molar refractivity (Wildman–Crippen MR) is 117 cm³/mol. The second-order valence-corrected chi connectivity index (χ2v) is 9.54. The molecule has 0 aromatic heterocycles. The highest BCUT2D eigenvalue weighted by Gasteiger charge is 2.37. The summed E-state index contributed by atoms with van der Waals surface area (Å²) in [6.45, 7) is 4.30. The highest BCUT2D eigenvalue weighted by Crippen LogP contribution is 2.26. The molecule has 170 valence electrons. The number of nitrogens with zero attached hydrogens (tertiary/aromatic N) is 2. The Morgan fingerprint density at radius 3 is 2.25 bits per heavy atom. The van der Waals surface area contributed by atoms with Gasteiger partial charge in [-0.1, -0.05) is 12.1 Å². The van der Waals surface area contributed by atoms with Crippen LogP contribution in [0.5, 0.6) is 0 Å². The van der Waals surface area contributed by atoms with Crippen LogP contribution in [0.25, 0.3) is 0 Å². The minimum absolute atomic E-state index is 0.0608. The SMILES string of the molecule is CC(=O)c1ccc(NC(=O)[C@H](C)[NH+]2CCN(S(=O)(=O)c3ccccc3[N+](=O)[O-])CC2)cc1. The van der Waals surface area contributed by atoms with E-state index in [9.17, 15) is 28.1 Å². The van der Waals surface area contributed by atoms with E-state index in [0.29, 0.717) is 24.3 Å². The Morgan fingerprint density at radius 1 is 1.09 bits per heavy atom. The van der Waals surface area contributed by atoms with Crippen LogP contribution < -0.4 is 10.2 Å². The van der Waals surface area contributed by atoms with Crippen molar-refractivity contribution >= 4 is 33.1 Å². The van der Waals surface area contributed by atoms with E-state index < -0.39 is 26.7 Å². The van der Waals surface area contributed by atoms with Crippen molar-refractivity contribution < 1.29 is 27.8 Å². The van der Waals surface area contributed by atoms with Gasteiger partial charge in [0.1, 0.15) is 0 Å². The van der Waals surface area contributed by atoms with Crippen LogP contribution in [0, 0.1) is 10.1 Å². The zero-order valence-corrected chi connectivity index (χ0v) is 18.6. The van der Waals surface area contributed by atoms with Crippen molar-refractivity contribution in [1.82, 2.24) is 4.31 Å². The molecule has 1 saturated heterocycles. The molecule has 1 amide bonds. The maximum Gasteiger partial charge on any atom is 0.289 e. The van der Waals surface area contributed by atoms with Gasteiger partial charge in [0.25, 0.3) is 11.6 Å². The molecule has 0 saturated carbocycles. The van der Waals surface area contributed by atoms with Crippen LogP contribution in [0.4, 0.5) is 11.4 Å². The lowest BCUT2D eigenvalue weighted by Crippen LogP contribution is -3.19. The number of carbonyl (C=O) groups is 2. The largest absolute Gasteiger partial charge is 0.323 e. The fourth-order valence-electron chi connectivity index (χ4n) is 3.64. The summed E-state index contributed by atoms with van der Waals surface area (Å²) in [6, 6.07) is 11.5. The van der Waals surface area contributed by atoms with Gasteiger partial charge < -0.3 is 10.2 Å². The summed E-state index contributed by atoms with van der Waals surface area (Å²) in [5.41, 5.74) is 0.673. The number of hydrogen-bond donors (Lipinski definition) is 2. The van der Waals surface area contributed by atoms with E-state index >= 15 is 0 Å². The molecule has 1 aliphatic heterocycles. The number of nitro benzene ring substituents is 1. The van der Waals surface area contributed by atoms with Gasteiger partial charge in [0.05, 0.1) is 31.1 Å². The molecule has 0 spiro atoms. The Balaban J connectivity index is 1.63. The number of carbonyl (C=O) groups excluding carboxylic acids is 2. The van der Waals surface area contributed by atoms with Crippen LogP contribution in [0.1, 0.15) is 24.2 Å². The first-order valence-electron chi connectivity index (χ1n) is 10.1. The van der Waals surface area contributed by atoms with Gasteiger partial charge in [-0.2, -0.15) is 4.31 Å². The summed E-state index contributed by atoms with van der Waals surface area (Å²) < 4.78 is 27.1.